The van der Waals surface area contributed by atoms with Gasteiger partial charge in [-0.05, 0) is 88.8 Å². The average molecular weight is 536 g/mol. The van der Waals surface area contributed by atoms with Gasteiger partial charge in [-0.1, -0.05) is 35.9 Å². The SMILES string of the molecule is C/C(=C\C(O)=C/c1ccccc1C)c1c(Cl)cc2c(C3CCNCC3)nc(N3CC(N(C)C)C3)nc2c1F. The highest BCUT2D eigenvalue weighted by Gasteiger charge is 2.32. The monoisotopic (exact) mass is 535 g/mol. The maximum absolute atomic E-state index is 16.3. The number of aliphatic hydroxyl groups excluding tert-OH is 1. The molecule has 2 aromatic carbocycles. The molecular formula is C30H35ClFN5O. The molecule has 8 heteroatoms. The maximum Gasteiger partial charge on any atom is 0.226 e. The number of aryl methyl sites for hydroxylation is 1. The van der Waals surface area contributed by atoms with Crippen LogP contribution < -0.4 is 10.2 Å². The summed E-state index contributed by atoms with van der Waals surface area (Å²) in [7, 11) is 4.13. The average Bonchev–Trinajstić information content (AvgIpc) is 2.85. The van der Waals surface area contributed by atoms with Gasteiger partial charge in [-0.3, -0.25) is 0 Å². The molecule has 200 valence electrons. The van der Waals surface area contributed by atoms with Crippen molar-refractivity contribution in [1.29, 1.82) is 0 Å². The van der Waals surface area contributed by atoms with Gasteiger partial charge in [-0.15, -0.1) is 0 Å². The number of fused-ring (bicyclic) bond motifs is 1. The van der Waals surface area contributed by atoms with Crippen molar-refractivity contribution < 1.29 is 9.50 Å². The van der Waals surface area contributed by atoms with E-state index < -0.39 is 5.82 Å². The number of aromatic nitrogens is 2. The second kappa shape index (κ2) is 11.0. The molecule has 2 fully saturated rings. The fourth-order valence-electron chi connectivity index (χ4n) is 5.30. The van der Waals surface area contributed by atoms with Crippen molar-refractivity contribution in [1.82, 2.24) is 20.2 Å². The summed E-state index contributed by atoms with van der Waals surface area (Å²) >= 11 is 6.71. The molecule has 2 aliphatic rings. The van der Waals surface area contributed by atoms with Crippen molar-refractivity contribution in [2.24, 2.45) is 0 Å². The number of nitrogens with one attached hydrogen (secondary N) is 1. The number of hydrogen-bond acceptors (Lipinski definition) is 6. The molecule has 2 saturated heterocycles. The number of hydrogen-bond donors (Lipinski definition) is 2. The first-order valence-corrected chi connectivity index (χ1v) is 13.6. The molecule has 2 N–H and O–H groups in total. The number of anilines is 1. The van der Waals surface area contributed by atoms with Crippen LogP contribution in [0.5, 0.6) is 0 Å². The highest BCUT2D eigenvalue weighted by Crippen LogP contribution is 2.38. The van der Waals surface area contributed by atoms with Crippen molar-refractivity contribution >= 4 is 40.1 Å². The van der Waals surface area contributed by atoms with Gasteiger partial charge < -0.3 is 20.2 Å². The van der Waals surface area contributed by atoms with Crippen LogP contribution in [0.1, 0.15) is 48.1 Å². The number of rotatable bonds is 6. The normalized spacial score (nSPS) is 17.9. The van der Waals surface area contributed by atoms with E-state index >= 15 is 4.39 Å². The Morgan fingerprint density at radius 1 is 1.18 bits per heavy atom. The summed E-state index contributed by atoms with van der Waals surface area (Å²) in [6.07, 6.45) is 5.09. The van der Waals surface area contributed by atoms with Gasteiger partial charge in [0.2, 0.25) is 5.95 Å². The third-order valence-corrected chi connectivity index (χ3v) is 8.05. The third kappa shape index (κ3) is 5.28. The Bertz CT molecular complexity index is 1410. The molecule has 3 heterocycles. The van der Waals surface area contributed by atoms with E-state index in [1.807, 2.05) is 31.2 Å². The van der Waals surface area contributed by atoms with E-state index in [-0.39, 0.29) is 27.8 Å². The minimum Gasteiger partial charge on any atom is -0.508 e. The quantitative estimate of drug-likeness (QED) is 0.300. The summed E-state index contributed by atoms with van der Waals surface area (Å²) in [6.45, 7) is 7.16. The fraction of sp³-hybridized carbons (Fsp3) is 0.400. The molecule has 0 saturated carbocycles. The first kappa shape index (κ1) is 26.6. The third-order valence-electron chi connectivity index (χ3n) is 7.75. The molecule has 1 aromatic heterocycles. The van der Waals surface area contributed by atoms with Gasteiger partial charge in [-0.25, -0.2) is 14.4 Å². The molecule has 0 amide bonds. The number of allylic oxidation sites excluding steroid dienone is 2. The Balaban J connectivity index is 1.59. The van der Waals surface area contributed by atoms with E-state index in [1.165, 1.54) is 0 Å². The lowest BCUT2D eigenvalue weighted by Gasteiger charge is -2.43. The summed E-state index contributed by atoms with van der Waals surface area (Å²) in [4.78, 5) is 14.0. The molecule has 0 atom stereocenters. The van der Waals surface area contributed by atoms with Crippen LogP contribution >= 0.6 is 11.6 Å². The molecule has 0 radical (unpaired) electrons. The second-order valence-electron chi connectivity index (χ2n) is 10.7. The van der Waals surface area contributed by atoms with Gasteiger partial charge in [0.15, 0.2) is 5.82 Å². The maximum atomic E-state index is 16.3. The van der Waals surface area contributed by atoms with Gasteiger partial charge in [-0.2, -0.15) is 0 Å². The molecule has 0 bridgehead atoms. The van der Waals surface area contributed by atoms with E-state index in [0.717, 1.165) is 55.8 Å². The van der Waals surface area contributed by atoms with Gasteiger partial charge in [0.05, 0.1) is 10.7 Å². The molecule has 2 aliphatic heterocycles. The van der Waals surface area contributed by atoms with Crippen LogP contribution in [0.3, 0.4) is 0 Å². The Labute approximate surface area is 228 Å². The summed E-state index contributed by atoms with van der Waals surface area (Å²) < 4.78 is 16.3. The van der Waals surface area contributed by atoms with E-state index in [0.29, 0.717) is 22.9 Å². The predicted octanol–water partition coefficient (Wildman–Crippen LogP) is 5.95. The van der Waals surface area contributed by atoms with Crippen molar-refractivity contribution in [3.8, 4) is 0 Å². The Morgan fingerprint density at radius 3 is 2.58 bits per heavy atom. The van der Waals surface area contributed by atoms with Crippen LogP contribution in [0.15, 0.2) is 42.2 Å². The highest BCUT2D eigenvalue weighted by molar-refractivity contribution is 6.33. The van der Waals surface area contributed by atoms with Crippen LogP contribution in [0, 0.1) is 12.7 Å². The molecule has 0 aliphatic carbocycles. The van der Waals surface area contributed by atoms with Crippen LogP contribution in [-0.4, -0.2) is 66.3 Å². The number of aliphatic hydroxyl groups is 1. The van der Waals surface area contributed by atoms with Gasteiger partial charge in [0.1, 0.15) is 11.3 Å². The largest absolute Gasteiger partial charge is 0.508 e. The summed E-state index contributed by atoms with van der Waals surface area (Å²) in [5, 5.41) is 15.0. The molecule has 0 spiro atoms. The lowest BCUT2D eigenvalue weighted by atomic mass is 9.91. The number of likely N-dealkylation sites (N-methyl/N-ethyl adjacent to an activating group) is 1. The van der Waals surface area contributed by atoms with E-state index in [1.54, 1.807) is 25.1 Å². The summed E-state index contributed by atoms with van der Waals surface area (Å²) in [6, 6.07) is 9.99. The molecule has 5 rings (SSSR count). The lowest BCUT2D eigenvalue weighted by molar-refractivity contribution is 0.245. The van der Waals surface area contributed by atoms with Crippen molar-refractivity contribution in [2.75, 3.05) is 45.2 Å². The topological polar surface area (TPSA) is 64.5 Å². The van der Waals surface area contributed by atoms with Crippen molar-refractivity contribution in [2.45, 2.75) is 38.6 Å². The molecular weight excluding hydrogens is 501 g/mol. The Kier molecular flexibility index (Phi) is 7.70. The molecule has 6 nitrogen and oxygen atoms in total. The Hall–Kier alpha value is -3.00. The number of benzene rings is 2. The summed E-state index contributed by atoms with van der Waals surface area (Å²) in [5.74, 6) is 0.334. The minimum absolute atomic E-state index is 0.0291. The zero-order valence-corrected chi connectivity index (χ0v) is 23.2. The van der Waals surface area contributed by atoms with Crippen LogP contribution in [0.4, 0.5) is 10.3 Å². The van der Waals surface area contributed by atoms with Crippen LogP contribution in [0.25, 0.3) is 22.6 Å². The number of piperidine rings is 1. The van der Waals surface area contributed by atoms with E-state index in [9.17, 15) is 5.11 Å². The highest BCUT2D eigenvalue weighted by atomic mass is 35.5. The number of halogens is 2. The zero-order chi connectivity index (χ0) is 27.0. The summed E-state index contributed by atoms with van der Waals surface area (Å²) in [5.41, 5.74) is 3.87. The first-order chi connectivity index (χ1) is 18.2. The standard InChI is InChI=1S/C30H35ClFN5O/c1-18-7-5-6-8-21(18)14-23(38)13-19(2)26-25(31)15-24-28(20-9-11-33-12-10-20)34-30(35-29(24)27(26)32)37-16-22(17-37)36(3)4/h5-8,13-15,20,22,33,38H,9-12,16-17H2,1-4H3/b19-13+,23-14+. The lowest BCUT2D eigenvalue weighted by Crippen LogP contribution is -2.58. The molecule has 3 aromatic rings. The van der Waals surface area contributed by atoms with E-state index in [4.69, 9.17) is 21.6 Å². The van der Waals surface area contributed by atoms with Gasteiger partial charge in [0.25, 0.3) is 0 Å². The van der Waals surface area contributed by atoms with Gasteiger partial charge >= 0.3 is 0 Å². The first-order valence-electron chi connectivity index (χ1n) is 13.2. The van der Waals surface area contributed by atoms with Crippen LogP contribution in [0.2, 0.25) is 5.02 Å². The minimum atomic E-state index is -0.478. The molecule has 38 heavy (non-hydrogen) atoms. The van der Waals surface area contributed by atoms with E-state index in [2.05, 4.69) is 29.2 Å². The number of nitrogens with zero attached hydrogens (tertiary/aromatic N) is 4. The second-order valence-corrected chi connectivity index (χ2v) is 11.1. The Morgan fingerprint density at radius 2 is 1.89 bits per heavy atom. The zero-order valence-electron chi connectivity index (χ0n) is 22.4. The smallest absolute Gasteiger partial charge is 0.226 e. The molecule has 0 unspecified atom stereocenters. The van der Waals surface area contributed by atoms with Crippen LogP contribution in [-0.2, 0) is 0 Å². The van der Waals surface area contributed by atoms with Gasteiger partial charge in [0, 0.05) is 36.0 Å². The van der Waals surface area contributed by atoms with Crippen molar-refractivity contribution in [3.05, 3.63) is 75.4 Å². The fourth-order valence-corrected chi connectivity index (χ4v) is 5.65. The predicted molar refractivity (Wildman–Crippen MR) is 154 cm³/mol. The van der Waals surface area contributed by atoms with Crippen molar-refractivity contribution in [3.63, 3.8) is 0 Å².